The number of anilines is 5. The molecule has 0 saturated carbocycles. The van der Waals surface area contributed by atoms with Gasteiger partial charge in [0.05, 0.1) is 169 Å². The number of halogens is 1. The standard InChI is InChI=1S/C99H135FN20O25/c1-67-56-70(100)57-68(2)88(67)145-81-19-14-69(99(3,4)131)58-75(81)77-64-119(9)98(130)87-76(77)61-78(110-87)92(124)107-71-15-17-74(18-16-71)144-55-54-143-53-52-142-51-50-141-49-48-140-47-46-139-45-44-138-43-42-137-39-37-134-33-29-102-84(121)20-24-106-95(127)90-113-82(65-117(90)7)111-86(123)22-26-105-94(126)80-60-73(63-120(80)30-13-11-12-23-101-28-32-133-36-38-136-41-40-135-35-34-132-10)109-97(129)91-114-83(66-118(91)8)112-85(122)21-25-104-93(125)79-59-72(62-116(79)6)108-96(128)89-103-27-31-115(89)5/h14-19,27,31,56-66,101,110,131H,11-13,20-26,28-30,32-55H2,1-10H3,(H,102,121)(H,104,125)(H,105,126)(H,106,127)(H,107,124)(H,108,128)(H,109,129)(H,111,123)(H,112,122). The number of nitrogens with one attached hydrogen (secondary N) is 11. The minimum Gasteiger partial charge on any atom is -0.491 e. The third kappa shape index (κ3) is 38.2. The van der Waals surface area contributed by atoms with Crippen LogP contribution in [0.25, 0.3) is 22.0 Å². The Morgan fingerprint density at radius 3 is 1.45 bits per heavy atom. The lowest BCUT2D eigenvalue weighted by atomic mass is 9.93. The summed E-state index contributed by atoms with van der Waals surface area (Å²) in [5.74, 6) is -3.21. The zero-order chi connectivity index (χ0) is 104. The molecule has 10 rings (SSSR count). The SMILES string of the molecule is COCCOCCOCCOCCNCCCCCn1cc(NC(=O)c2nc(NC(=O)CCNC(=O)c3cc(NC(=O)c4nccn4C)cn3C)cn2C)cc1C(=O)NCCC(=O)Nc1cn(C)c(C(=O)NCCC(=O)NCCOCCOCCOCCOCCOCCOCCOCCOCCOc2ccc(NC(=O)c3cc4c(-c5cc(C(C)(C)O)ccc5Oc5c(C)cc(F)cc5C)cn(C)c(=O)c4[nH]3)cc2)n1. The van der Waals surface area contributed by atoms with Crippen LogP contribution in [0.4, 0.5) is 33.1 Å². The summed E-state index contributed by atoms with van der Waals surface area (Å²) in [5, 5.41) is 39.4. The van der Waals surface area contributed by atoms with Crippen molar-refractivity contribution in [2.24, 2.45) is 35.2 Å². The van der Waals surface area contributed by atoms with Crippen molar-refractivity contribution < 1.29 is 119 Å². The van der Waals surface area contributed by atoms with Crippen molar-refractivity contribution in [3.05, 3.63) is 184 Å². The second-order valence-corrected chi connectivity index (χ2v) is 33.9. The summed E-state index contributed by atoms with van der Waals surface area (Å²) in [5.41, 5.74) is 3.16. The molecule has 0 aliphatic rings. The van der Waals surface area contributed by atoms with E-state index in [0.717, 1.165) is 19.4 Å². The van der Waals surface area contributed by atoms with E-state index in [1.165, 1.54) is 61.1 Å². The molecule has 7 aromatic heterocycles. The maximum Gasteiger partial charge on any atom is 0.291 e. The number of hydrogen-bond acceptors (Lipinski definition) is 29. The molecule has 0 atom stereocenters. The van der Waals surface area contributed by atoms with Gasteiger partial charge >= 0.3 is 0 Å². The van der Waals surface area contributed by atoms with Crippen molar-refractivity contribution in [1.82, 2.24) is 73.9 Å². The number of benzene rings is 3. The molecule has 12 N–H and O–H groups in total. The van der Waals surface area contributed by atoms with Gasteiger partial charge in [0, 0.05) is 166 Å². The zero-order valence-corrected chi connectivity index (χ0v) is 83.8. The molecule has 46 heteroatoms. The molecule has 0 unspecified atom stereocenters. The second-order valence-electron chi connectivity index (χ2n) is 33.9. The van der Waals surface area contributed by atoms with E-state index in [0.29, 0.717) is 227 Å². The predicted octanol–water partition coefficient (Wildman–Crippen LogP) is 6.83. The minimum absolute atomic E-state index is 0.000191. The molecule has 0 bridgehead atoms. The Balaban J connectivity index is 0.512. The first-order valence-corrected chi connectivity index (χ1v) is 47.9. The molecule has 0 fully saturated rings. The Hall–Kier alpha value is -13.5. The largest absolute Gasteiger partial charge is 0.491 e. The zero-order valence-electron chi connectivity index (χ0n) is 83.8. The third-order valence-electron chi connectivity index (χ3n) is 22.0. The number of nitrogens with zero attached hydrogens (tertiary/aromatic N) is 9. The molecule has 0 saturated heterocycles. The van der Waals surface area contributed by atoms with Gasteiger partial charge in [-0.05, 0) is 131 Å². The number of imidazole rings is 3. The molecule has 0 aliphatic heterocycles. The van der Waals surface area contributed by atoms with Gasteiger partial charge in [-0.25, -0.2) is 19.3 Å². The van der Waals surface area contributed by atoms with E-state index in [2.05, 4.69) is 73.1 Å². The number of H-pyrrole nitrogens is 1. The Morgan fingerprint density at radius 2 is 0.910 bits per heavy atom. The van der Waals surface area contributed by atoms with Crippen LogP contribution in [0.15, 0.2) is 121 Å². The van der Waals surface area contributed by atoms with Crippen LogP contribution in [0.1, 0.15) is 132 Å². The maximum absolute atomic E-state index is 14.3. The molecule has 788 valence electrons. The average molecular weight is 2020 g/mol. The molecule has 145 heavy (non-hydrogen) atoms. The van der Waals surface area contributed by atoms with Gasteiger partial charge in [-0.3, -0.25) is 47.9 Å². The Bertz CT molecular complexity index is 5870. The lowest BCUT2D eigenvalue weighted by Gasteiger charge is -2.22. The van der Waals surface area contributed by atoms with E-state index in [9.17, 15) is 57.4 Å². The summed E-state index contributed by atoms with van der Waals surface area (Å²) >= 11 is 0. The number of methoxy groups -OCH3 is 1. The number of rotatable bonds is 70. The van der Waals surface area contributed by atoms with E-state index in [1.807, 2.05) is 0 Å². The topological polar surface area (TPSA) is 524 Å². The van der Waals surface area contributed by atoms with Crippen LogP contribution in [0.2, 0.25) is 0 Å². The smallest absolute Gasteiger partial charge is 0.291 e. The van der Waals surface area contributed by atoms with Crippen LogP contribution in [0.3, 0.4) is 0 Å². The number of unbranched alkanes of at least 4 members (excludes halogenated alkanes) is 2. The highest BCUT2D eigenvalue weighted by atomic mass is 19.1. The van der Waals surface area contributed by atoms with E-state index in [-0.39, 0.29) is 133 Å². The van der Waals surface area contributed by atoms with Crippen LogP contribution in [-0.4, -0.2) is 311 Å². The van der Waals surface area contributed by atoms with Crippen molar-refractivity contribution in [1.29, 1.82) is 0 Å². The second kappa shape index (κ2) is 60.3. The number of aryl methyl sites for hydroxylation is 8. The molecule has 3 aromatic carbocycles. The molecule has 9 amide bonds. The maximum atomic E-state index is 14.3. The lowest BCUT2D eigenvalue weighted by Crippen LogP contribution is -2.33. The van der Waals surface area contributed by atoms with Crippen LogP contribution in [-0.2, 0) is 119 Å². The fraction of sp³-hybridized carbons (Fsp3) is 0.485. The van der Waals surface area contributed by atoms with Crippen molar-refractivity contribution in [3.8, 4) is 28.4 Å². The lowest BCUT2D eigenvalue weighted by molar-refractivity contribution is -0.121. The van der Waals surface area contributed by atoms with Gasteiger partial charge in [0.25, 0.3) is 41.0 Å². The monoisotopic (exact) mass is 2020 g/mol. The summed E-state index contributed by atoms with van der Waals surface area (Å²) in [6.45, 7) is 18.1. The first-order chi connectivity index (χ1) is 70.0. The van der Waals surface area contributed by atoms with Crippen LogP contribution >= 0.6 is 0 Å². The predicted molar refractivity (Wildman–Crippen MR) is 534 cm³/mol. The number of fused-ring (bicyclic) bond motifs is 1. The number of aliphatic hydroxyl groups is 1. The molecule has 0 aliphatic carbocycles. The fourth-order valence-electron chi connectivity index (χ4n) is 14.5. The molecule has 45 nitrogen and oxygen atoms in total. The van der Waals surface area contributed by atoms with Gasteiger partial charge in [-0.15, -0.1) is 0 Å². The number of ether oxygens (including phenoxy) is 14. The van der Waals surface area contributed by atoms with Gasteiger partial charge in [-0.1, -0.05) is 12.5 Å². The van der Waals surface area contributed by atoms with E-state index in [1.54, 1.807) is 152 Å². The number of carbonyl (C=O) groups is 9. The summed E-state index contributed by atoms with van der Waals surface area (Å²) in [6.07, 6.45) is 12.8. The number of pyridine rings is 1. The number of aromatic nitrogens is 10. The highest BCUT2D eigenvalue weighted by Crippen LogP contribution is 2.41. The van der Waals surface area contributed by atoms with Gasteiger partial charge in [-0.2, -0.15) is 0 Å². The van der Waals surface area contributed by atoms with Gasteiger partial charge in [0.2, 0.25) is 29.4 Å². The highest BCUT2D eigenvalue weighted by Gasteiger charge is 2.27. The van der Waals surface area contributed by atoms with Crippen molar-refractivity contribution in [3.63, 3.8) is 0 Å². The Labute approximate surface area is 838 Å². The van der Waals surface area contributed by atoms with Crippen LogP contribution < -0.4 is 68.2 Å². The minimum atomic E-state index is -1.23. The van der Waals surface area contributed by atoms with Gasteiger partial charge < -0.3 is 157 Å². The Kier molecular flexibility index (Phi) is 47.2. The summed E-state index contributed by atoms with van der Waals surface area (Å²) in [6, 6.07) is 19.5. The average Bonchev–Trinajstić information content (AvgIpc) is 1.61. The number of hydrogen-bond donors (Lipinski definition) is 12. The molecular formula is C99H135FN20O25. The quantitative estimate of drug-likeness (QED) is 0.0174. The highest BCUT2D eigenvalue weighted by molar-refractivity contribution is 6.09. The summed E-state index contributed by atoms with van der Waals surface area (Å²) in [7, 11) is 9.69. The number of carbonyl (C=O) groups excluding carboxylic acids is 9. The first-order valence-electron chi connectivity index (χ1n) is 47.9. The summed E-state index contributed by atoms with van der Waals surface area (Å²) in [4.78, 5) is 148. The molecule has 0 spiro atoms. The van der Waals surface area contributed by atoms with Crippen molar-refractivity contribution in [2.45, 2.75) is 78.4 Å². The first kappa shape index (κ1) is 113. The van der Waals surface area contributed by atoms with Crippen LogP contribution in [0, 0.1) is 19.7 Å². The molecule has 7 heterocycles. The Morgan fingerprint density at radius 1 is 0.428 bits per heavy atom. The normalized spacial score (nSPS) is 11.4. The molecule has 10 aromatic rings. The van der Waals surface area contributed by atoms with E-state index < -0.39 is 52.9 Å². The third-order valence-corrected chi connectivity index (χ3v) is 22.0. The van der Waals surface area contributed by atoms with E-state index >= 15 is 0 Å². The van der Waals surface area contributed by atoms with Gasteiger partial charge in [0.15, 0.2) is 17.5 Å². The fourth-order valence-corrected chi connectivity index (χ4v) is 14.5. The van der Waals surface area contributed by atoms with Crippen molar-refractivity contribution in [2.75, 3.05) is 232 Å². The van der Waals surface area contributed by atoms with Gasteiger partial charge in [0.1, 0.15) is 52.3 Å². The summed E-state index contributed by atoms with van der Waals surface area (Å²) < 4.78 is 102. The molecular weight excluding hydrogens is 1890 g/mol. The van der Waals surface area contributed by atoms with Crippen LogP contribution in [0.5, 0.6) is 17.2 Å². The van der Waals surface area contributed by atoms with E-state index in [4.69, 9.17) is 66.3 Å². The number of aromatic amines is 1. The molecule has 0 radical (unpaired) electrons. The number of amides is 9. The van der Waals surface area contributed by atoms with Crippen molar-refractivity contribution >= 4 is 92.8 Å².